The summed E-state index contributed by atoms with van der Waals surface area (Å²) in [7, 11) is 1.59. The summed E-state index contributed by atoms with van der Waals surface area (Å²) < 4.78 is 16.2. The molecule has 2 aromatic carbocycles. The molecule has 0 aliphatic rings. The quantitative estimate of drug-likeness (QED) is 0.704. The van der Waals surface area contributed by atoms with Crippen LogP contribution in [-0.4, -0.2) is 18.2 Å². The maximum Gasteiger partial charge on any atom is 0.290 e. The number of rotatable bonds is 7. The molecule has 0 spiro atoms. The van der Waals surface area contributed by atoms with E-state index in [-0.39, 0.29) is 11.7 Å². The van der Waals surface area contributed by atoms with Crippen molar-refractivity contribution >= 4 is 5.91 Å². The van der Waals surface area contributed by atoms with Crippen molar-refractivity contribution in [1.29, 1.82) is 0 Å². The SMILES string of the molecule is COc1cc(CNC(=O)c2cc(C)no2)ccc1OCc1ccccc1. The minimum absolute atomic E-state index is 0.192. The first-order chi connectivity index (χ1) is 12.7. The van der Waals surface area contributed by atoms with E-state index in [4.69, 9.17) is 14.0 Å². The van der Waals surface area contributed by atoms with E-state index in [1.165, 1.54) is 0 Å². The zero-order valence-corrected chi connectivity index (χ0v) is 14.7. The average Bonchev–Trinajstić information content (AvgIpc) is 3.12. The molecule has 0 atom stereocenters. The molecule has 1 aromatic heterocycles. The Morgan fingerprint density at radius 3 is 2.58 bits per heavy atom. The first-order valence-corrected chi connectivity index (χ1v) is 8.21. The van der Waals surface area contributed by atoms with Crippen LogP contribution >= 0.6 is 0 Å². The predicted molar refractivity (Wildman–Crippen MR) is 96.2 cm³/mol. The second-order valence-electron chi connectivity index (χ2n) is 5.77. The van der Waals surface area contributed by atoms with Gasteiger partial charge < -0.3 is 19.3 Å². The van der Waals surface area contributed by atoms with E-state index < -0.39 is 0 Å². The Morgan fingerprint density at radius 1 is 1.08 bits per heavy atom. The van der Waals surface area contributed by atoms with Crippen molar-refractivity contribution in [2.24, 2.45) is 0 Å². The Kier molecular flexibility index (Phi) is 5.53. The lowest BCUT2D eigenvalue weighted by molar-refractivity contribution is 0.0914. The van der Waals surface area contributed by atoms with Gasteiger partial charge in [-0.05, 0) is 30.2 Å². The molecule has 0 saturated carbocycles. The van der Waals surface area contributed by atoms with Gasteiger partial charge in [-0.2, -0.15) is 0 Å². The number of carbonyl (C=O) groups excluding carboxylic acids is 1. The highest BCUT2D eigenvalue weighted by Crippen LogP contribution is 2.28. The molecular weight excluding hydrogens is 332 g/mol. The van der Waals surface area contributed by atoms with E-state index in [2.05, 4.69) is 10.5 Å². The third kappa shape index (κ3) is 4.42. The maximum atomic E-state index is 12.0. The average molecular weight is 352 g/mol. The van der Waals surface area contributed by atoms with Crippen LogP contribution in [0.15, 0.2) is 59.1 Å². The summed E-state index contributed by atoms with van der Waals surface area (Å²) in [5, 5.41) is 6.49. The molecule has 1 amide bonds. The zero-order valence-electron chi connectivity index (χ0n) is 14.7. The second kappa shape index (κ2) is 8.20. The number of aromatic nitrogens is 1. The minimum atomic E-state index is -0.311. The lowest BCUT2D eigenvalue weighted by atomic mass is 10.2. The van der Waals surface area contributed by atoms with E-state index in [9.17, 15) is 4.79 Å². The Morgan fingerprint density at radius 2 is 1.88 bits per heavy atom. The minimum Gasteiger partial charge on any atom is -0.493 e. The number of hydrogen-bond acceptors (Lipinski definition) is 5. The number of aryl methyl sites for hydroxylation is 1. The Labute approximate surface area is 151 Å². The van der Waals surface area contributed by atoms with Crippen molar-refractivity contribution < 1.29 is 18.8 Å². The lowest BCUT2D eigenvalue weighted by Crippen LogP contribution is -2.22. The van der Waals surface area contributed by atoms with Crippen molar-refractivity contribution in [3.05, 3.63) is 77.2 Å². The fourth-order valence-electron chi connectivity index (χ4n) is 2.42. The normalized spacial score (nSPS) is 10.4. The summed E-state index contributed by atoms with van der Waals surface area (Å²) in [5.41, 5.74) is 2.63. The van der Waals surface area contributed by atoms with Gasteiger partial charge >= 0.3 is 0 Å². The number of nitrogens with one attached hydrogen (secondary N) is 1. The van der Waals surface area contributed by atoms with E-state index in [0.29, 0.717) is 30.3 Å². The third-order valence-electron chi connectivity index (χ3n) is 3.77. The Hall–Kier alpha value is -3.28. The Bertz CT molecular complexity index is 875. The molecule has 0 saturated heterocycles. The monoisotopic (exact) mass is 352 g/mol. The van der Waals surface area contributed by atoms with Crippen LogP contribution in [0, 0.1) is 6.92 Å². The Balaban J connectivity index is 1.61. The first-order valence-electron chi connectivity index (χ1n) is 8.21. The van der Waals surface area contributed by atoms with Crippen LogP contribution in [0.4, 0.5) is 0 Å². The predicted octanol–water partition coefficient (Wildman–Crippen LogP) is 3.50. The number of benzene rings is 2. The van der Waals surface area contributed by atoms with Gasteiger partial charge in [0.25, 0.3) is 5.91 Å². The fourth-order valence-corrected chi connectivity index (χ4v) is 2.42. The number of nitrogens with zero attached hydrogens (tertiary/aromatic N) is 1. The van der Waals surface area contributed by atoms with Gasteiger partial charge in [0.15, 0.2) is 11.5 Å². The van der Waals surface area contributed by atoms with E-state index in [0.717, 1.165) is 11.1 Å². The number of hydrogen-bond donors (Lipinski definition) is 1. The van der Waals surface area contributed by atoms with Gasteiger partial charge in [0.2, 0.25) is 5.76 Å². The first kappa shape index (κ1) is 17.5. The summed E-state index contributed by atoms with van der Waals surface area (Å²) in [6, 6.07) is 17.1. The molecule has 3 aromatic rings. The van der Waals surface area contributed by atoms with E-state index >= 15 is 0 Å². The standard InChI is InChI=1S/C20H20N2O4/c1-14-10-19(26-22-14)20(23)21-12-16-8-9-17(18(11-16)24-2)25-13-15-6-4-3-5-7-15/h3-11H,12-13H2,1-2H3,(H,21,23). The molecule has 0 radical (unpaired) electrons. The fraction of sp³-hybridized carbons (Fsp3) is 0.200. The summed E-state index contributed by atoms with van der Waals surface area (Å²) in [5.74, 6) is 1.15. The topological polar surface area (TPSA) is 73.6 Å². The smallest absolute Gasteiger partial charge is 0.290 e. The zero-order chi connectivity index (χ0) is 18.4. The van der Waals surface area contributed by atoms with Crippen molar-refractivity contribution in [1.82, 2.24) is 10.5 Å². The van der Waals surface area contributed by atoms with Crippen molar-refractivity contribution in [3.8, 4) is 11.5 Å². The van der Waals surface area contributed by atoms with Gasteiger partial charge in [-0.25, -0.2) is 0 Å². The largest absolute Gasteiger partial charge is 0.493 e. The van der Waals surface area contributed by atoms with Crippen LogP contribution in [0.25, 0.3) is 0 Å². The van der Waals surface area contributed by atoms with Gasteiger partial charge in [0.1, 0.15) is 6.61 Å². The summed E-state index contributed by atoms with van der Waals surface area (Å²) >= 11 is 0. The molecule has 1 N–H and O–H groups in total. The van der Waals surface area contributed by atoms with E-state index in [1.807, 2.05) is 48.5 Å². The second-order valence-corrected chi connectivity index (χ2v) is 5.77. The lowest BCUT2D eigenvalue weighted by Gasteiger charge is -2.12. The molecule has 0 aliphatic carbocycles. The van der Waals surface area contributed by atoms with Gasteiger partial charge in [0.05, 0.1) is 12.8 Å². The molecule has 3 rings (SSSR count). The molecule has 0 unspecified atom stereocenters. The van der Waals surface area contributed by atoms with Crippen LogP contribution in [0.2, 0.25) is 0 Å². The number of methoxy groups -OCH3 is 1. The molecule has 26 heavy (non-hydrogen) atoms. The summed E-state index contributed by atoms with van der Waals surface area (Å²) in [6.07, 6.45) is 0. The van der Waals surface area contributed by atoms with Gasteiger partial charge in [-0.1, -0.05) is 41.6 Å². The van der Waals surface area contributed by atoms with E-state index in [1.54, 1.807) is 20.1 Å². The van der Waals surface area contributed by atoms with Gasteiger partial charge in [-0.3, -0.25) is 4.79 Å². The highest BCUT2D eigenvalue weighted by molar-refractivity contribution is 5.91. The molecule has 1 heterocycles. The molecule has 0 aliphatic heterocycles. The van der Waals surface area contributed by atoms with Crippen LogP contribution in [0.3, 0.4) is 0 Å². The third-order valence-corrected chi connectivity index (χ3v) is 3.77. The van der Waals surface area contributed by atoms with Crippen LogP contribution < -0.4 is 14.8 Å². The molecule has 0 fully saturated rings. The van der Waals surface area contributed by atoms with Gasteiger partial charge in [0, 0.05) is 12.6 Å². The highest BCUT2D eigenvalue weighted by atomic mass is 16.5. The van der Waals surface area contributed by atoms with Crippen LogP contribution in [0.1, 0.15) is 27.4 Å². The summed E-state index contributed by atoms with van der Waals surface area (Å²) in [4.78, 5) is 12.0. The highest BCUT2D eigenvalue weighted by Gasteiger charge is 2.12. The van der Waals surface area contributed by atoms with Crippen LogP contribution in [-0.2, 0) is 13.2 Å². The van der Waals surface area contributed by atoms with Crippen molar-refractivity contribution in [2.45, 2.75) is 20.1 Å². The molecule has 0 bridgehead atoms. The summed E-state index contributed by atoms with van der Waals surface area (Å²) in [6.45, 7) is 2.56. The number of amides is 1. The number of carbonyl (C=O) groups is 1. The molecule has 6 nitrogen and oxygen atoms in total. The molecule has 134 valence electrons. The maximum absolute atomic E-state index is 12.0. The van der Waals surface area contributed by atoms with Crippen LogP contribution in [0.5, 0.6) is 11.5 Å². The number of ether oxygens (including phenoxy) is 2. The molecule has 6 heteroatoms. The van der Waals surface area contributed by atoms with Gasteiger partial charge in [-0.15, -0.1) is 0 Å². The molecular formula is C20H20N2O4. The van der Waals surface area contributed by atoms with Crippen molar-refractivity contribution in [2.75, 3.05) is 7.11 Å². The van der Waals surface area contributed by atoms with Crippen molar-refractivity contribution in [3.63, 3.8) is 0 Å².